The lowest BCUT2D eigenvalue weighted by Crippen LogP contribution is -2.30. The minimum atomic E-state index is -0.0264. The average molecular weight is 416 g/mol. The number of hydrogen-bond acceptors (Lipinski definition) is 4. The van der Waals surface area contributed by atoms with Crippen molar-refractivity contribution in [3.63, 3.8) is 0 Å². The Kier molecular flexibility index (Phi) is 8.38. The molecule has 1 aromatic heterocycles. The highest BCUT2D eigenvalue weighted by molar-refractivity contribution is 5.72. The zero-order valence-corrected chi connectivity index (χ0v) is 18.0. The third kappa shape index (κ3) is 6.79. The summed E-state index contributed by atoms with van der Waals surface area (Å²) in [5.41, 5.74) is 4.29. The number of nitrogens with one attached hydrogen (secondary N) is 2. The van der Waals surface area contributed by atoms with Crippen LogP contribution in [0.25, 0.3) is 6.08 Å². The van der Waals surface area contributed by atoms with E-state index in [1.54, 1.807) is 7.11 Å². The Bertz CT molecular complexity index is 949. The smallest absolute Gasteiger partial charge is 0.218 e. The molecule has 0 radical (unpaired) electrons. The van der Waals surface area contributed by atoms with Gasteiger partial charge in [0.2, 0.25) is 11.8 Å². The first kappa shape index (κ1) is 22.2. The van der Waals surface area contributed by atoms with Crippen LogP contribution in [0, 0.1) is 0 Å². The second-order valence-electron chi connectivity index (χ2n) is 7.22. The SMILES string of the molecule is COc1nc(/C=C/C(c2ccccc2)c2ccccc2)ccc1CNCCNC(C)=O. The van der Waals surface area contributed by atoms with E-state index in [0.717, 1.165) is 11.3 Å². The van der Waals surface area contributed by atoms with Crippen LogP contribution in [0.5, 0.6) is 5.88 Å². The summed E-state index contributed by atoms with van der Waals surface area (Å²) in [6.45, 7) is 3.40. The third-order valence-corrected chi connectivity index (χ3v) is 4.92. The van der Waals surface area contributed by atoms with Gasteiger partial charge in [0.1, 0.15) is 0 Å². The summed E-state index contributed by atoms with van der Waals surface area (Å²) in [6.07, 6.45) is 4.22. The molecule has 0 saturated carbocycles. The molecule has 160 valence electrons. The first-order chi connectivity index (χ1) is 15.2. The van der Waals surface area contributed by atoms with Crippen LogP contribution in [-0.2, 0) is 11.3 Å². The number of aromatic nitrogens is 1. The number of rotatable bonds is 10. The van der Waals surface area contributed by atoms with Crippen LogP contribution >= 0.6 is 0 Å². The predicted molar refractivity (Wildman–Crippen MR) is 125 cm³/mol. The highest BCUT2D eigenvalue weighted by atomic mass is 16.5. The summed E-state index contributed by atoms with van der Waals surface area (Å²) in [6, 6.07) is 24.9. The van der Waals surface area contributed by atoms with E-state index in [2.05, 4.69) is 70.2 Å². The van der Waals surface area contributed by atoms with Gasteiger partial charge in [0, 0.05) is 38.0 Å². The maximum atomic E-state index is 10.9. The van der Waals surface area contributed by atoms with E-state index in [-0.39, 0.29) is 11.8 Å². The predicted octanol–water partition coefficient (Wildman–Crippen LogP) is 4.16. The maximum Gasteiger partial charge on any atom is 0.218 e. The Morgan fingerprint density at radius 1 is 0.968 bits per heavy atom. The van der Waals surface area contributed by atoms with Gasteiger partial charge in [-0.15, -0.1) is 0 Å². The van der Waals surface area contributed by atoms with E-state index >= 15 is 0 Å². The minimum Gasteiger partial charge on any atom is -0.481 e. The van der Waals surface area contributed by atoms with Crippen LogP contribution in [0.15, 0.2) is 78.9 Å². The lowest BCUT2D eigenvalue weighted by atomic mass is 9.91. The number of allylic oxidation sites excluding steroid dienone is 1. The fourth-order valence-corrected chi connectivity index (χ4v) is 3.37. The molecule has 5 nitrogen and oxygen atoms in total. The number of pyridine rings is 1. The van der Waals surface area contributed by atoms with Crippen LogP contribution in [0.2, 0.25) is 0 Å². The Labute approximate surface area is 184 Å². The molecule has 3 aromatic rings. The molecule has 0 bridgehead atoms. The van der Waals surface area contributed by atoms with Gasteiger partial charge in [0.05, 0.1) is 12.8 Å². The van der Waals surface area contributed by atoms with Gasteiger partial charge in [-0.3, -0.25) is 4.79 Å². The fraction of sp³-hybridized carbons (Fsp3) is 0.231. The standard InChI is InChI=1S/C26H29N3O2/c1-20(30)28-18-17-27-19-23-13-14-24(29-26(23)31-2)15-16-25(21-9-5-3-6-10-21)22-11-7-4-8-12-22/h3-16,25,27H,17-19H2,1-2H3,(H,28,30)/b16-15+. The highest BCUT2D eigenvalue weighted by Gasteiger charge is 2.11. The molecule has 0 saturated heterocycles. The van der Waals surface area contributed by atoms with Crippen LogP contribution in [0.3, 0.4) is 0 Å². The number of carbonyl (C=O) groups is 1. The molecule has 0 aliphatic heterocycles. The van der Waals surface area contributed by atoms with E-state index < -0.39 is 0 Å². The highest BCUT2D eigenvalue weighted by Crippen LogP contribution is 2.27. The molecule has 0 atom stereocenters. The average Bonchev–Trinajstić information content (AvgIpc) is 2.80. The van der Waals surface area contributed by atoms with Crippen molar-refractivity contribution in [2.75, 3.05) is 20.2 Å². The fourth-order valence-electron chi connectivity index (χ4n) is 3.37. The van der Waals surface area contributed by atoms with E-state index in [0.29, 0.717) is 25.5 Å². The van der Waals surface area contributed by atoms with Crippen LogP contribution < -0.4 is 15.4 Å². The number of methoxy groups -OCH3 is 1. The van der Waals surface area contributed by atoms with Gasteiger partial charge in [-0.1, -0.05) is 72.8 Å². The lowest BCUT2D eigenvalue weighted by molar-refractivity contribution is -0.118. The van der Waals surface area contributed by atoms with Gasteiger partial charge in [0.15, 0.2) is 0 Å². The molecule has 0 unspecified atom stereocenters. The summed E-state index contributed by atoms with van der Waals surface area (Å²) in [5.74, 6) is 0.719. The van der Waals surface area contributed by atoms with E-state index in [1.807, 2.05) is 30.3 Å². The van der Waals surface area contributed by atoms with Crippen molar-refractivity contribution in [3.8, 4) is 5.88 Å². The molecular formula is C26H29N3O2. The molecular weight excluding hydrogens is 386 g/mol. The Balaban J connectivity index is 1.73. The molecule has 5 heteroatoms. The molecule has 0 aliphatic carbocycles. The molecule has 2 aromatic carbocycles. The van der Waals surface area contributed by atoms with Crippen molar-refractivity contribution in [2.45, 2.75) is 19.4 Å². The van der Waals surface area contributed by atoms with Crippen molar-refractivity contribution in [2.24, 2.45) is 0 Å². The second-order valence-corrected chi connectivity index (χ2v) is 7.22. The Hall–Kier alpha value is -3.44. The second kappa shape index (κ2) is 11.7. The summed E-state index contributed by atoms with van der Waals surface area (Å²) < 4.78 is 5.50. The zero-order chi connectivity index (χ0) is 21.9. The summed E-state index contributed by atoms with van der Waals surface area (Å²) >= 11 is 0. The van der Waals surface area contributed by atoms with Gasteiger partial charge in [0.25, 0.3) is 0 Å². The lowest BCUT2D eigenvalue weighted by Gasteiger charge is -2.14. The van der Waals surface area contributed by atoms with Crippen LogP contribution in [-0.4, -0.2) is 31.1 Å². The van der Waals surface area contributed by atoms with Crippen molar-refractivity contribution in [1.82, 2.24) is 15.6 Å². The largest absolute Gasteiger partial charge is 0.481 e. The number of hydrogen-bond donors (Lipinski definition) is 2. The van der Waals surface area contributed by atoms with Crippen molar-refractivity contribution < 1.29 is 9.53 Å². The maximum absolute atomic E-state index is 10.9. The monoisotopic (exact) mass is 415 g/mol. The summed E-state index contributed by atoms with van der Waals surface area (Å²) in [7, 11) is 1.63. The molecule has 2 N–H and O–H groups in total. The van der Waals surface area contributed by atoms with E-state index in [9.17, 15) is 4.79 Å². The zero-order valence-electron chi connectivity index (χ0n) is 18.0. The van der Waals surface area contributed by atoms with Crippen molar-refractivity contribution in [3.05, 3.63) is 101 Å². The van der Waals surface area contributed by atoms with E-state index in [1.165, 1.54) is 18.1 Å². The van der Waals surface area contributed by atoms with Gasteiger partial charge in [-0.05, 0) is 23.3 Å². The Morgan fingerprint density at radius 2 is 1.61 bits per heavy atom. The van der Waals surface area contributed by atoms with Crippen LogP contribution in [0.1, 0.15) is 35.2 Å². The summed E-state index contributed by atoms with van der Waals surface area (Å²) in [5, 5.41) is 6.06. The van der Waals surface area contributed by atoms with Crippen molar-refractivity contribution in [1.29, 1.82) is 0 Å². The van der Waals surface area contributed by atoms with Crippen molar-refractivity contribution >= 4 is 12.0 Å². The minimum absolute atomic E-state index is 0.0264. The quantitative estimate of drug-likeness (QED) is 0.488. The summed E-state index contributed by atoms with van der Waals surface area (Å²) in [4.78, 5) is 15.6. The normalized spacial score (nSPS) is 11.1. The van der Waals surface area contributed by atoms with Gasteiger partial charge in [-0.25, -0.2) is 4.98 Å². The molecule has 0 fully saturated rings. The first-order valence-corrected chi connectivity index (χ1v) is 10.4. The van der Waals surface area contributed by atoms with Crippen LogP contribution in [0.4, 0.5) is 0 Å². The molecule has 0 spiro atoms. The number of carbonyl (C=O) groups excluding carboxylic acids is 1. The molecule has 31 heavy (non-hydrogen) atoms. The molecule has 3 rings (SSSR count). The number of nitrogens with zero attached hydrogens (tertiary/aromatic N) is 1. The van der Waals surface area contributed by atoms with E-state index in [4.69, 9.17) is 4.74 Å². The van der Waals surface area contributed by atoms with Gasteiger partial charge >= 0.3 is 0 Å². The third-order valence-electron chi connectivity index (χ3n) is 4.92. The first-order valence-electron chi connectivity index (χ1n) is 10.4. The molecule has 1 amide bonds. The number of ether oxygens (including phenoxy) is 1. The number of amides is 1. The topological polar surface area (TPSA) is 63.2 Å². The number of benzene rings is 2. The molecule has 0 aliphatic rings. The molecule has 1 heterocycles. The Morgan fingerprint density at radius 3 is 2.19 bits per heavy atom. The van der Waals surface area contributed by atoms with Gasteiger partial charge in [-0.2, -0.15) is 0 Å². The van der Waals surface area contributed by atoms with Gasteiger partial charge < -0.3 is 15.4 Å².